The number of aromatic hydroxyl groups is 1. The third-order valence-electron chi connectivity index (χ3n) is 2.98. The molecule has 1 saturated heterocycles. The molecule has 1 fully saturated rings. The van der Waals surface area contributed by atoms with E-state index in [9.17, 15) is 5.11 Å². The van der Waals surface area contributed by atoms with Crippen molar-refractivity contribution in [2.24, 2.45) is 0 Å². The molecule has 2 unspecified atom stereocenters. The molecule has 15 heavy (non-hydrogen) atoms. The monoisotopic (exact) mass is 207 g/mol. The summed E-state index contributed by atoms with van der Waals surface area (Å²) in [6.45, 7) is 0.190. The number of hydrogen-bond donors (Lipinski definition) is 3. The molecular weight excluding hydrogens is 190 g/mol. The van der Waals surface area contributed by atoms with Crippen LogP contribution < -0.4 is 5.32 Å². The molecule has 1 aromatic rings. The molecule has 1 aliphatic heterocycles. The number of hydrogen-bond acceptors (Lipinski definition) is 3. The second-order valence-electron chi connectivity index (χ2n) is 4.12. The third kappa shape index (κ3) is 2.49. The molecule has 3 nitrogen and oxygen atoms in total. The lowest BCUT2D eigenvalue weighted by Crippen LogP contribution is -2.39. The zero-order valence-electron chi connectivity index (χ0n) is 8.69. The Balaban J connectivity index is 2.09. The Kier molecular flexibility index (Phi) is 3.23. The number of piperidine rings is 1. The van der Waals surface area contributed by atoms with Crippen LogP contribution >= 0.6 is 0 Å². The molecule has 2 atom stereocenters. The predicted molar refractivity (Wildman–Crippen MR) is 58.7 cm³/mol. The Morgan fingerprint density at radius 2 is 2.20 bits per heavy atom. The maximum Gasteiger partial charge on any atom is 0.115 e. The van der Waals surface area contributed by atoms with Gasteiger partial charge in [0.2, 0.25) is 0 Å². The van der Waals surface area contributed by atoms with Crippen LogP contribution in [0.2, 0.25) is 0 Å². The molecule has 0 spiro atoms. The summed E-state index contributed by atoms with van der Waals surface area (Å²) in [5.74, 6) is 0.306. The Morgan fingerprint density at radius 3 is 2.93 bits per heavy atom. The smallest absolute Gasteiger partial charge is 0.115 e. The normalized spacial score (nSPS) is 26.5. The van der Waals surface area contributed by atoms with E-state index < -0.39 is 0 Å². The molecule has 3 heteroatoms. The zero-order valence-corrected chi connectivity index (χ0v) is 8.69. The topological polar surface area (TPSA) is 52.5 Å². The number of phenols is 1. The van der Waals surface area contributed by atoms with Gasteiger partial charge in [-0.15, -0.1) is 0 Å². The molecule has 0 saturated carbocycles. The SMILES string of the molecule is OCC1CCCC(c2cccc(O)c2)N1. The van der Waals surface area contributed by atoms with Crippen molar-refractivity contribution in [1.29, 1.82) is 0 Å². The van der Waals surface area contributed by atoms with E-state index >= 15 is 0 Å². The van der Waals surface area contributed by atoms with E-state index in [0.717, 1.165) is 24.8 Å². The number of benzene rings is 1. The summed E-state index contributed by atoms with van der Waals surface area (Å²) in [5, 5.41) is 21.9. The van der Waals surface area contributed by atoms with Gasteiger partial charge in [0.15, 0.2) is 0 Å². The van der Waals surface area contributed by atoms with E-state index in [1.54, 1.807) is 12.1 Å². The van der Waals surface area contributed by atoms with Crippen molar-refractivity contribution >= 4 is 0 Å². The number of aliphatic hydroxyl groups excluding tert-OH is 1. The molecule has 0 radical (unpaired) electrons. The minimum atomic E-state index is 0.190. The largest absolute Gasteiger partial charge is 0.508 e. The summed E-state index contributed by atoms with van der Waals surface area (Å²) in [7, 11) is 0. The number of nitrogens with one attached hydrogen (secondary N) is 1. The average molecular weight is 207 g/mol. The van der Waals surface area contributed by atoms with Gasteiger partial charge in [0.05, 0.1) is 6.61 Å². The van der Waals surface area contributed by atoms with E-state index in [4.69, 9.17) is 5.11 Å². The Hall–Kier alpha value is -1.06. The predicted octanol–water partition coefficient (Wildman–Crippen LogP) is 1.57. The van der Waals surface area contributed by atoms with Gasteiger partial charge in [-0.3, -0.25) is 0 Å². The van der Waals surface area contributed by atoms with Gasteiger partial charge in [-0.25, -0.2) is 0 Å². The molecule has 0 aromatic heterocycles. The molecule has 3 N–H and O–H groups in total. The maximum absolute atomic E-state index is 9.39. The molecule has 82 valence electrons. The molecule has 1 aromatic carbocycles. The lowest BCUT2D eigenvalue weighted by Gasteiger charge is -2.30. The van der Waals surface area contributed by atoms with Gasteiger partial charge in [0.25, 0.3) is 0 Å². The van der Waals surface area contributed by atoms with Crippen LogP contribution in [0.25, 0.3) is 0 Å². The minimum Gasteiger partial charge on any atom is -0.508 e. The first kappa shape index (κ1) is 10.5. The van der Waals surface area contributed by atoms with Crippen LogP contribution in [-0.2, 0) is 0 Å². The van der Waals surface area contributed by atoms with E-state index in [1.807, 2.05) is 12.1 Å². The fourth-order valence-electron chi connectivity index (χ4n) is 2.17. The Bertz CT molecular complexity index is 327. The number of aliphatic hydroxyl groups is 1. The molecule has 0 aliphatic carbocycles. The second kappa shape index (κ2) is 4.64. The van der Waals surface area contributed by atoms with Crippen molar-refractivity contribution in [2.75, 3.05) is 6.61 Å². The van der Waals surface area contributed by atoms with Gasteiger partial charge in [-0.1, -0.05) is 12.1 Å². The Labute approximate surface area is 89.8 Å². The highest BCUT2D eigenvalue weighted by molar-refractivity contribution is 5.29. The lowest BCUT2D eigenvalue weighted by atomic mass is 9.94. The van der Waals surface area contributed by atoms with Crippen LogP contribution in [-0.4, -0.2) is 22.9 Å². The van der Waals surface area contributed by atoms with E-state index in [-0.39, 0.29) is 18.7 Å². The first-order valence-corrected chi connectivity index (χ1v) is 5.45. The summed E-state index contributed by atoms with van der Waals surface area (Å²) in [6, 6.07) is 7.80. The summed E-state index contributed by atoms with van der Waals surface area (Å²) >= 11 is 0. The van der Waals surface area contributed by atoms with E-state index in [1.165, 1.54) is 0 Å². The van der Waals surface area contributed by atoms with Crippen molar-refractivity contribution in [3.05, 3.63) is 29.8 Å². The van der Waals surface area contributed by atoms with Crippen LogP contribution in [0.5, 0.6) is 5.75 Å². The van der Waals surface area contributed by atoms with Crippen molar-refractivity contribution in [2.45, 2.75) is 31.3 Å². The fourth-order valence-corrected chi connectivity index (χ4v) is 2.17. The summed E-state index contributed by atoms with van der Waals surface area (Å²) in [4.78, 5) is 0. The zero-order chi connectivity index (χ0) is 10.7. The standard InChI is InChI=1S/C12H17NO2/c14-8-10-4-2-6-12(13-10)9-3-1-5-11(15)7-9/h1,3,5,7,10,12-15H,2,4,6,8H2. The van der Waals surface area contributed by atoms with E-state index in [0.29, 0.717) is 5.75 Å². The third-order valence-corrected chi connectivity index (χ3v) is 2.98. The fraction of sp³-hybridized carbons (Fsp3) is 0.500. The quantitative estimate of drug-likeness (QED) is 0.690. The molecule has 0 amide bonds. The van der Waals surface area contributed by atoms with Crippen molar-refractivity contribution in [1.82, 2.24) is 5.32 Å². The van der Waals surface area contributed by atoms with Gasteiger partial charge in [0.1, 0.15) is 5.75 Å². The number of rotatable bonds is 2. The minimum absolute atomic E-state index is 0.190. The molecule has 1 aliphatic rings. The van der Waals surface area contributed by atoms with Crippen molar-refractivity contribution in [3.8, 4) is 5.75 Å². The van der Waals surface area contributed by atoms with Gasteiger partial charge < -0.3 is 15.5 Å². The Morgan fingerprint density at radius 1 is 1.33 bits per heavy atom. The highest BCUT2D eigenvalue weighted by atomic mass is 16.3. The van der Waals surface area contributed by atoms with Crippen molar-refractivity contribution in [3.63, 3.8) is 0 Å². The highest BCUT2D eigenvalue weighted by Gasteiger charge is 2.21. The molecular formula is C12H17NO2. The van der Waals surface area contributed by atoms with Crippen LogP contribution in [0.4, 0.5) is 0 Å². The summed E-state index contributed by atoms with van der Waals surface area (Å²) in [6.07, 6.45) is 3.23. The van der Waals surface area contributed by atoms with E-state index in [2.05, 4.69) is 5.32 Å². The van der Waals surface area contributed by atoms with Crippen LogP contribution in [0.15, 0.2) is 24.3 Å². The molecule has 2 rings (SSSR count). The van der Waals surface area contributed by atoms with Gasteiger partial charge in [0, 0.05) is 12.1 Å². The van der Waals surface area contributed by atoms with Crippen LogP contribution in [0.1, 0.15) is 30.9 Å². The van der Waals surface area contributed by atoms with Gasteiger partial charge >= 0.3 is 0 Å². The summed E-state index contributed by atoms with van der Waals surface area (Å²) < 4.78 is 0. The average Bonchev–Trinajstić information content (AvgIpc) is 2.29. The number of phenolic OH excluding ortho intramolecular Hbond substituents is 1. The second-order valence-corrected chi connectivity index (χ2v) is 4.12. The van der Waals surface area contributed by atoms with Gasteiger partial charge in [-0.05, 0) is 37.0 Å². The van der Waals surface area contributed by atoms with Gasteiger partial charge in [-0.2, -0.15) is 0 Å². The summed E-state index contributed by atoms with van der Waals surface area (Å²) in [5.41, 5.74) is 1.10. The maximum atomic E-state index is 9.39. The highest BCUT2D eigenvalue weighted by Crippen LogP contribution is 2.27. The molecule has 1 heterocycles. The van der Waals surface area contributed by atoms with Crippen LogP contribution in [0.3, 0.4) is 0 Å². The first-order valence-electron chi connectivity index (χ1n) is 5.45. The van der Waals surface area contributed by atoms with Crippen LogP contribution in [0, 0.1) is 0 Å². The van der Waals surface area contributed by atoms with Crippen molar-refractivity contribution < 1.29 is 10.2 Å². The molecule has 0 bridgehead atoms. The lowest BCUT2D eigenvalue weighted by molar-refractivity contribution is 0.198. The first-order chi connectivity index (χ1) is 7.29.